The van der Waals surface area contributed by atoms with Gasteiger partial charge in [0.15, 0.2) is 12.9 Å². The molecule has 0 aliphatic rings. The highest BCUT2D eigenvalue weighted by atomic mass is 16.5. The number of methoxy groups -OCH3 is 1. The van der Waals surface area contributed by atoms with Gasteiger partial charge >= 0.3 is 0 Å². The molecule has 1 aromatic heterocycles. The number of hydrogen-bond donors (Lipinski definition) is 3. The van der Waals surface area contributed by atoms with Gasteiger partial charge in [-0.2, -0.15) is 0 Å². The number of aromatic amines is 1. The molecule has 0 fully saturated rings. The van der Waals surface area contributed by atoms with Crippen LogP contribution in [0.1, 0.15) is 31.5 Å². The molecular weight excluding hydrogens is 380 g/mol. The monoisotopic (exact) mass is 432 g/mol. The van der Waals surface area contributed by atoms with Crippen LogP contribution in [0.4, 0.5) is 0 Å². The Bertz CT molecular complexity index is 2260. The molecule has 3 aromatic carbocycles. The van der Waals surface area contributed by atoms with Crippen LogP contribution in [0.15, 0.2) is 66.5 Å². The van der Waals surface area contributed by atoms with Crippen molar-refractivity contribution in [1.29, 1.82) is 1.43 Å². The molecule has 156 valence electrons. The van der Waals surface area contributed by atoms with Gasteiger partial charge in [0.25, 0.3) is 0 Å². The summed E-state index contributed by atoms with van der Waals surface area (Å²) in [5.74, 6) is -4.12. The molecule has 30 heavy (non-hydrogen) atoms. The minimum atomic E-state index is -4.47. The van der Waals surface area contributed by atoms with E-state index in [1.165, 1.54) is 0 Å². The predicted octanol–water partition coefficient (Wildman–Crippen LogP) is 3.74. The predicted molar refractivity (Wildman–Crippen MR) is 119 cm³/mol. The van der Waals surface area contributed by atoms with Crippen molar-refractivity contribution in [3.63, 3.8) is 0 Å². The van der Waals surface area contributed by atoms with Crippen molar-refractivity contribution in [2.45, 2.75) is 6.08 Å². The topological polar surface area (TPSA) is 75.7 Å². The van der Waals surface area contributed by atoms with Crippen LogP contribution in [0.3, 0.4) is 0 Å². The van der Waals surface area contributed by atoms with Gasteiger partial charge in [-0.25, -0.2) is 0 Å². The van der Waals surface area contributed by atoms with Gasteiger partial charge in [0.2, 0.25) is 1.43 Å². The number of ether oxygens (including phenoxy) is 3. The third-order valence-electron chi connectivity index (χ3n) is 3.34. The molecule has 0 bridgehead atoms. The molecule has 4 aromatic rings. The van der Waals surface area contributed by atoms with Crippen molar-refractivity contribution in [2.24, 2.45) is 0 Å². The Labute approximate surface area is 212 Å². The van der Waals surface area contributed by atoms with Gasteiger partial charge in [-0.1, -0.05) is 36.3 Å². The van der Waals surface area contributed by atoms with Gasteiger partial charge < -0.3 is 29.6 Å². The third kappa shape index (κ3) is 4.50. The molecule has 1 unspecified atom stereocenters. The van der Waals surface area contributed by atoms with Crippen molar-refractivity contribution < 1.29 is 53.7 Å². The first kappa shape index (κ1) is 5.72. The fourth-order valence-electron chi connectivity index (χ4n) is 2.18. The third-order valence-corrected chi connectivity index (χ3v) is 3.34. The molecule has 0 aliphatic heterocycles. The maximum Gasteiger partial charge on any atom is 0.211 e. The molecular formula is C24H26N2O4. The molecule has 6 nitrogen and oxygen atoms in total. The van der Waals surface area contributed by atoms with E-state index in [2.05, 4.69) is 9.85 Å². The number of hydrogen-bond acceptors (Lipinski definition) is 5. The molecule has 1 atom stereocenters. The SMILES string of the molecule is [2H]OC([2H])(C([2H])([2H])Oc1c([2H])c([2H])c([2H])c2c1c1c([2H])c([2H])c([2H])c([2H])c1n2[2H])C([2H])([2H])N([2H])C([2H])([2H])C([2H])([2H])Oc1c([2H])c([2H])c([2H])c([2H])c1OC([2H])([2H])[2H]. The quantitative estimate of drug-likeness (QED) is 0.337. The van der Waals surface area contributed by atoms with Crippen molar-refractivity contribution in [1.82, 2.24) is 10.3 Å². The summed E-state index contributed by atoms with van der Waals surface area (Å²) in [7, 11) is -3.47. The Morgan fingerprint density at radius 3 is 2.83 bits per heavy atom. The van der Waals surface area contributed by atoms with Crippen molar-refractivity contribution in [2.75, 3.05) is 33.1 Å². The summed E-state index contributed by atoms with van der Waals surface area (Å²) in [6.07, 6.45) is -4.42. The van der Waals surface area contributed by atoms with Crippen LogP contribution in [0.2, 0.25) is 2.82 Å². The van der Waals surface area contributed by atoms with E-state index in [1.54, 1.807) is 0 Å². The van der Waals surface area contributed by atoms with E-state index in [9.17, 15) is 0 Å². The average Bonchev–Trinajstić information content (AvgIpc) is 3.41. The van der Waals surface area contributed by atoms with Gasteiger partial charge in [-0.05, 0) is 30.2 Å². The van der Waals surface area contributed by atoms with Gasteiger partial charge in [0.1, 0.15) is 26.4 Å². The number of H-pyrrole nitrogens is 1. The van der Waals surface area contributed by atoms with Crippen LogP contribution in [0.5, 0.6) is 17.2 Å². The second kappa shape index (κ2) is 9.52. The highest BCUT2D eigenvalue weighted by Crippen LogP contribution is 2.33. The zero-order chi connectivity index (χ0) is 43.4. The van der Waals surface area contributed by atoms with Crippen LogP contribution in [-0.2, 0) is 0 Å². The number of nitrogens with one attached hydrogen (secondary N) is 2. The maximum absolute atomic E-state index is 8.62. The summed E-state index contributed by atoms with van der Waals surface area (Å²) in [6, 6.07) is -11.7. The smallest absolute Gasteiger partial charge is 0.211 e. The fraction of sp³-hybridized carbons (Fsp3) is 0.250. The largest absolute Gasteiger partial charge is 0.493 e. The maximum atomic E-state index is 8.62. The summed E-state index contributed by atoms with van der Waals surface area (Å²) >= 11 is 0. The molecule has 1 heterocycles. The first-order valence-electron chi connectivity index (χ1n) is 20.6. The first-order valence-corrected chi connectivity index (χ1v) is 7.82. The minimum Gasteiger partial charge on any atom is -0.493 e. The molecule has 0 amide bonds. The Hall–Kier alpha value is -3.22. The summed E-state index contributed by atoms with van der Waals surface area (Å²) < 4.78 is 226. The van der Waals surface area contributed by atoms with E-state index in [1.807, 2.05) is 0 Å². The Kier molecular flexibility index (Phi) is 1.82. The zero-order valence-electron chi connectivity index (χ0n) is 40.5. The van der Waals surface area contributed by atoms with E-state index in [0.717, 1.165) is 0 Å². The highest BCUT2D eigenvalue weighted by molar-refractivity contribution is 6.10. The first-order chi connectivity index (χ1) is 25.2. The fourth-order valence-corrected chi connectivity index (χ4v) is 2.18. The number of aliphatic hydroxyl groups is 1. The van der Waals surface area contributed by atoms with Gasteiger partial charge in [0, 0.05) is 34.8 Å². The number of fused-ring (bicyclic) bond motifs is 3. The summed E-state index contributed by atoms with van der Waals surface area (Å²) in [5.41, 5.74) is -1.41. The number of para-hydroxylation sites is 3. The van der Waals surface area contributed by atoms with Gasteiger partial charge in [-0.15, -0.1) is 0 Å². The highest BCUT2D eigenvalue weighted by Gasteiger charge is 2.11. The molecule has 0 aliphatic carbocycles. The van der Waals surface area contributed by atoms with Crippen LogP contribution in [0, 0.1) is 0 Å². The van der Waals surface area contributed by atoms with E-state index in [4.69, 9.17) is 45.3 Å². The lowest BCUT2D eigenvalue weighted by Gasteiger charge is -2.15. The molecule has 0 saturated heterocycles. The molecule has 3 N–H and O–H groups in total. The van der Waals surface area contributed by atoms with Crippen LogP contribution < -0.4 is 19.5 Å². The Morgan fingerprint density at radius 2 is 1.93 bits per heavy atom. The second-order valence-electron chi connectivity index (χ2n) is 5.10. The van der Waals surface area contributed by atoms with E-state index in [-0.39, 0.29) is 4.98 Å². The molecule has 0 radical (unpaired) electrons. The molecule has 0 spiro atoms. The van der Waals surface area contributed by atoms with E-state index in [0.29, 0.717) is 0 Å². The van der Waals surface area contributed by atoms with Crippen LogP contribution >= 0.6 is 0 Å². The Morgan fingerprint density at radius 1 is 1.13 bits per heavy atom. The average molecular weight is 433 g/mol. The van der Waals surface area contributed by atoms with Gasteiger partial charge in [0.05, 0.1) is 38.6 Å². The summed E-state index contributed by atoms with van der Waals surface area (Å²) in [5, 5.41) is 1.48. The normalized spacial score (nSPS) is 28.2. The summed E-state index contributed by atoms with van der Waals surface area (Å²) in [4.78, 5) is 0.267. The number of rotatable bonds is 11. The summed E-state index contributed by atoms with van der Waals surface area (Å²) in [6.45, 7) is -17.4. The van der Waals surface area contributed by atoms with E-state index < -0.39 is 150 Å². The van der Waals surface area contributed by atoms with E-state index >= 15 is 0 Å². The van der Waals surface area contributed by atoms with Crippen molar-refractivity contribution >= 4 is 21.8 Å². The van der Waals surface area contributed by atoms with Crippen LogP contribution in [0.25, 0.3) is 21.8 Å². The molecule has 6 heteroatoms. The lowest BCUT2D eigenvalue weighted by atomic mass is 10.1. The Balaban J connectivity index is 1.90. The lowest BCUT2D eigenvalue weighted by molar-refractivity contribution is 0.106. The number of aromatic nitrogens is 1. The van der Waals surface area contributed by atoms with Crippen molar-refractivity contribution in [3.05, 3.63) is 66.5 Å². The molecule has 4 rings (SSSR count). The standard InChI is InChI=1S/C24H26N2O4/c1-28-21-10-4-5-11-22(21)29-14-13-25-15-17(27)16-30-23-12-6-9-20-24(23)18-7-2-3-8-19(18)26-20/h2-12,17,25-27H,13-16H2,1H3/i1D3,2D,3D,4D,5D,6D,7D,8D,9D,10D,11D,12D,13D2,14D2,15D2,16D2,17D,27D/hD2. The van der Waals surface area contributed by atoms with Crippen LogP contribution in [-0.4, -0.2) is 50.7 Å². The zero-order valence-corrected chi connectivity index (χ0v) is 14.5. The van der Waals surface area contributed by atoms with Gasteiger partial charge in [-0.3, -0.25) is 0 Å². The second-order valence-corrected chi connectivity index (χ2v) is 5.10. The molecule has 0 saturated carbocycles. The number of benzene rings is 3. The van der Waals surface area contributed by atoms with Crippen molar-refractivity contribution in [3.8, 4) is 17.2 Å². The minimum absolute atomic E-state index is 0.267. The lowest BCUT2D eigenvalue weighted by Crippen LogP contribution is -2.33.